The molecule has 0 fully saturated rings. The third-order valence-electron chi connectivity index (χ3n) is 3.62. The Balaban J connectivity index is 2.64. The highest BCUT2D eigenvalue weighted by molar-refractivity contribution is 5.92. The first kappa shape index (κ1) is 17.9. The van der Waals surface area contributed by atoms with E-state index >= 15 is 0 Å². The van der Waals surface area contributed by atoms with Crippen molar-refractivity contribution in [2.24, 2.45) is 5.73 Å². The van der Waals surface area contributed by atoms with Crippen LogP contribution >= 0.6 is 0 Å². The molecule has 2 N–H and O–H groups in total. The summed E-state index contributed by atoms with van der Waals surface area (Å²) < 4.78 is 15.9. The van der Waals surface area contributed by atoms with Crippen molar-refractivity contribution in [3.05, 3.63) is 52.6 Å². The lowest BCUT2D eigenvalue weighted by molar-refractivity contribution is -0.139. The van der Waals surface area contributed by atoms with Gasteiger partial charge in [0.25, 0.3) is 0 Å². The predicted molar refractivity (Wildman–Crippen MR) is 87.5 cm³/mol. The molecule has 1 aliphatic rings. The number of benzene rings is 1. The van der Waals surface area contributed by atoms with E-state index in [-0.39, 0.29) is 36.0 Å². The Bertz CT molecular complexity index is 827. The van der Waals surface area contributed by atoms with Gasteiger partial charge in [0.2, 0.25) is 5.88 Å². The van der Waals surface area contributed by atoms with Gasteiger partial charge < -0.3 is 19.9 Å². The maximum Gasteiger partial charge on any atom is 0.338 e. The molecule has 0 saturated heterocycles. The zero-order valence-electron chi connectivity index (χ0n) is 13.9. The van der Waals surface area contributed by atoms with Crippen molar-refractivity contribution in [3.63, 3.8) is 0 Å². The van der Waals surface area contributed by atoms with Gasteiger partial charge in [0.15, 0.2) is 6.61 Å². The zero-order valence-corrected chi connectivity index (χ0v) is 13.9. The summed E-state index contributed by atoms with van der Waals surface area (Å²) in [6.45, 7) is 3.28. The lowest BCUT2D eigenvalue weighted by Gasteiger charge is -2.27. The van der Waals surface area contributed by atoms with Crippen LogP contribution in [-0.2, 0) is 14.3 Å². The molecule has 0 aliphatic carbocycles. The molecule has 7 nitrogen and oxygen atoms in total. The van der Waals surface area contributed by atoms with Crippen LogP contribution in [0.15, 0.2) is 47.1 Å². The van der Waals surface area contributed by atoms with Crippen LogP contribution in [0.2, 0.25) is 0 Å². The molecule has 25 heavy (non-hydrogen) atoms. The summed E-state index contributed by atoms with van der Waals surface area (Å²) >= 11 is 0. The van der Waals surface area contributed by atoms with Gasteiger partial charge in [-0.05, 0) is 19.9 Å². The molecule has 0 aromatic heterocycles. The van der Waals surface area contributed by atoms with Crippen molar-refractivity contribution in [1.29, 1.82) is 10.5 Å². The third-order valence-corrected chi connectivity index (χ3v) is 3.62. The fraction of sp³-hybridized carbons (Fsp3) is 0.278. The molecular weight excluding hydrogens is 322 g/mol. The van der Waals surface area contributed by atoms with Gasteiger partial charge in [-0.2, -0.15) is 10.5 Å². The first-order valence-corrected chi connectivity index (χ1v) is 7.59. The van der Waals surface area contributed by atoms with Gasteiger partial charge in [-0.15, -0.1) is 0 Å². The molecule has 1 aromatic carbocycles. The smallest absolute Gasteiger partial charge is 0.338 e. The summed E-state index contributed by atoms with van der Waals surface area (Å²) in [5.41, 5.74) is 6.65. The molecule has 0 spiro atoms. The highest BCUT2D eigenvalue weighted by Gasteiger charge is 2.37. The van der Waals surface area contributed by atoms with E-state index in [4.69, 9.17) is 25.2 Å². The highest BCUT2D eigenvalue weighted by atomic mass is 16.5. The average molecular weight is 339 g/mol. The van der Waals surface area contributed by atoms with Gasteiger partial charge in [0.1, 0.15) is 29.2 Å². The summed E-state index contributed by atoms with van der Waals surface area (Å²) in [5, 5.41) is 18.3. The molecule has 0 amide bonds. The largest absolute Gasteiger partial charge is 0.478 e. The number of nitriles is 2. The Hall–Kier alpha value is -3.45. The fourth-order valence-electron chi connectivity index (χ4n) is 2.63. The molecule has 0 radical (unpaired) electrons. The number of hydrogen-bond acceptors (Lipinski definition) is 7. The lowest BCUT2D eigenvalue weighted by Crippen LogP contribution is -2.26. The van der Waals surface area contributed by atoms with E-state index < -0.39 is 11.9 Å². The number of nitrogens with two attached hydrogens (primary N) is 1. The zero-order chi connectivity index (χ0) is 18.4. The topological polar surface area (TPSA) is 118 Å². The first-order chi connectivity index (χ1) is 12.0. The van der Waals surface area contributed by atoms with Crippen LogP contribution in [0, 0.1) is 22.7 Å². The van der Waals surface area contributed by atoms with Crippen LogP contribution in [-0.4, -0.2) is 19.2 Å². The van der Waals surface area contributed by atoms with E-state index in [1.807, 2.05) is 12.1 Å². The maximum absolute atomic E-state index is 12.5. The van der Waals surface area contributed by atoms with Crippen LogP contribution in [0.5, 0.6) is 5.75 Å². The Labute approximate surface area is 145 Å². The number of carbonyl (C=O) groups is 1. The molecule has 1 heterocycles. The second-order valence-electron chi connectivity index (χ2n) is 5.10. The summed E-state index contributed by atoms with van der Waals surface area (Å²) in [6, 6.07) is 10.7. The van der Waals surface area contributed by atoms with Crippen LogP contribution in [0.4, 0.5) is 0 Å². The molecule has 1 aromatic rings. The van der Waals surface area contributed by atoms with E-state index in [9.17, 15) is 10.1 Å². The molecule has 2 rings (SSSR count). The molecule has 1 aliphatic heterocycles. The lowest BCUT2D eigenvalue weighted by atomic mass is 9.82. The number of nitrogens with zero attached hydrogens (tertiary/aromatic N) is 2. The van der Waals surface area contributed by atoms with E-state index in [1.165, 1.54) is 0 Å². The average Bonchev–Trinajstić information content (AvgIpc) is 2.59. The normalized spacial score (nSPS) is 16.6. The van der Waals surface area contributed by atoms with Crippen molar-refractivity contribution in [1.82, 2.24) is 0 Å². The van der Waals surface area contributed by atoms with Gasteiger partial charge in [-0.1, -0.05) is 18.2 Å². The van der Waals surface area contributed by atoms with Crippen LogP contribution in [0.25, 0.3) is 0 Å². The second-order valence-corrected chi connectivity index (χ2v) is 5.10. The molecule has 7 heteroatoms. The fourth-order valence-corrected chi connectivity index (χ4v) is 2.63. The first-order valence-electron chi connectivity index (χ1n) is 7.59. The molecule has 0 saturated carbocycles. The molecule has 1 unspecified atom stereocenters. The second kappa shape index (κ2) is 7.89. The number of ether oxygens (including phenoxy) is 3. The van der Waals surface area contributed by atoms with Crippen LogP contribution in [0.1, 0.15) is 25.3 Å². The van der Waals surface area contributed by atoms with Crippen molar-refractivity contribution >= 4 is 5.97 Å². The van der Waals surface area contributed by atoms with Crippen molar-refractivity contribution < 1.29 is 19.0 Å². The van der Waals surface area contributed by atoms with Gasteiger partial charge in [0.05, 0.1) is 18.1 Å². The Kier molecular flexibility index (Phi) is 5.65. The predicted octanol–water partition coefficient (Wildman–Crippen LogP) is 2.23. The summed E-state index contributed by atoms with van der Waals surface area (Å²) in [7, 11) is 0. The third kappa shape index (κ3) is 3.56. The molecule has 1 atom stereocenters. The maximum atomic E-state index is 12.5. The molecule has 128 valence electrons. The number of rotatable bonds is 5. The van der Waals surface area contributed by atoms with E-state index in [1.54, 1.807) is 38.1 Å². The highest BCUT2D eigenvalue weighted by Crippen LogP contribution is 2.42. The van der Waals surface area contributed by atoms with Crippen LogP contribution < -0.4 is 10.5 Å². The van der Waals surface area contributed by atoms with Gasteiger partial charge in [-0.3, -0.25) is 0 Å². The number of esters is 1. The standard InChI is InChI=1S/C18H17N3O4/c1-3-23-18(22)15-11(2)25-17(21)13(10-20)16(15)12-6-4-5-7-14(12)24-9-8-19/h4-7,16H,3,9,21H2,1-2H3. The number of carbonyl (C=O) groups excluding carboxylic acids is 1. The van der Waals surface area contributed by atoms with Crippen LogP contribution in [0.3, 0.4) is 0 Å². The molecular formula is C18H17N3O4. The van der Waals surface area contributed by atoms with Gasteiger partial charge >= 0.3 is 5.97 Å². The van der Waals surface area contributed by atoms with E-state index in [2.05, 4.69) is 0 Å². The Morgan fingerprint density at radius 1 is 1.36 bits per heavy atom. The number of para-hydroxylation sites is 1. The number of allylic oxidation sites excluding steroid dienone is 2. The molecule has 0 bridgehead atoms. The monoisotopic (exact) mass is 339 g/mol. The van der Waals surface area contributed by atoms with Gasteiger partial charge in [0, 0.05) is 5.56 Å². The minimum Gasteiger partial charge on any atom is -0.478 e. The van der Waals surface area contributed by atoms with Crippen molar-refractivity contribution in [2.75, 3.05) is 13.2 Å². The summed E-state index contributed by atoms with van der Waals surface area (Å²) in [4.78, 5) is 12.5. The van der Waals surface area contributed by atoms with E-state index in [0.717, 1.165) is 0 Å². The minimum atomic E-state index is -0.798. The Morgan fingerprint density at radius 2 is 2.08 bits per heavy atom. The summed E-state index contributed by atoms with van der Waals surface area (Å²) in [5.74, 6) is -0.831. The summed E-state index contributed by atoms with van der Waals surface area (Å²) in [6.07, 6.45) is 0. The SMILES string of the molecule is CCOC(=O)C1=C(C)OC(N)=C(C#N)C1c1ccccc1OCC#N. The number of hydrogen-bond donors (Lipinski definition) is 1. The minimum absolute atomic E-state index is 0.0758. The van der Waals surface area contributed by atoms with E-state index in [0.29, 0.717) is 11.3 Å². The quantitative estimate of drug-likeness (QED) is 0.817. The van der Waals surface area contributed by atoms with Crippen molar-refractivity contribution in [3.8, 4) is 17.9 Å². The Morgan fingerprint density at radius 3 is 2.72 bits per heavy atom. The van der Waals surface area contributed by atoms with Gasteiger partial charge in [-0.25, -0.2) is 4.79 Å². The van der Waals surface area contributed by atoms with Crippen molar-refractivity contribution in [2.45, 2.75) is 19.8 Å².